The Balaban J connectivity index is 1.68. The zero-order chi connectivity index (χ0) is 19.4. The number of nitrogens with zero attached hydrogens (tertiary/aromatic N) is 3. The Morgan fingerprint density at radius 1 is 1.21 bits per heavy atom. The van der Waals surface area contributed by atoms with E-state index in [1.54, 1.807) is 7.11 Å². The largest absolute Gasteiger partial charge is 0.378 e. The van der Waals surface area contributed by atoms with Crippen molar-refractivity contribution in [1.29, 1.82) is 0 Å². The van der Waals surface area contributed by atoms with Crippen LogP contribution in [0.1, 0.15) is 19.0 Å². The lowest BCUT2D eigenvalue weighted by Gasteiger charge is -2.40. The average Bonchev–Trinajstić information content (AvgIpc) is 3.32. The summed E-state index contributed by atoms with van der Waals surface area (Å²) in [5.41, 5.74) is 3.48. The fourth-order valence-corrected chi connectivity index (χ4v) is 4.47. The van der Waals surface area contributed by atoms with Crippen LogP contribution in [0.15, 0.2) is 41.3 Å². The van der Waals surface area contributed by atoms with E-state index in [2.05, 4.69) is 50.7 Å². The van der Waals surface area contributed by atoms with Crippen LogP contribution in [0, 0.1) is 0 Å². The topological polar surface area (TPSA) is 58.4 Å². The van der Waals surface area contributed by atoms with E-state index in [0.29, 0.717) is 26.4 Å². The van der Waals surface area contributed by atoms with Gasteiger partial charge in [0.2, 0.25) is 0 Å². The third kappa shape index (κ3) is 2.72. The summed E-state index contributed by atoms with van der Waals surface area (Å²) >= 11 is 3.52. The lowest BCUT2D eigenvalue weighted by atomic mass is 9.97. The van der Waals surface area contributed by atoms with Crippen molar-refractivity contribution in [2.45, 2.75) is 24.5 Å². The van der Waals surface area contributed by atoms with E-state index < -0.39 is 5.60 Å². The van der Waals surface area contributed by atoms with Gasteiger partial charge >= 0.3 is 0 Å². The molecule has 2 aliphatic heterocycles. The van der Waals surface area contributed by atoms with Crippen molar-refractivity contribution >= 4 is 26.8 Å². The summed E-state index contributed by atoms with van der Waals surface area (Å²) in [7, 11) is 1.73. The van der Waals surface area contributed by atoms with Crippen LogP contribution in [0.25, 0.3) is 22.2 Å². The van der Waals surface area contributed by atoms with E-state index in [1.165, 1.54) is 0 Å². The normalized spacial score (nSPS) is 23.8. The molecule has 5 heterocycles. The van der Waals surface area contributed by atoms with E-state index in [4.69, 9.17) is 19.2 Å². The van der Waals surface area contributed by atoms with Crippen molar-refractivity contribution in [2.75, 3.05) is 33.5 Å². The highest BCUT2D eigenvalue weighted by molar-refractivity contribution is 9.10. The predicted octanol–water partition coefficient (Wildman–Crippen LogP) is 3.87. The first-order valence-electron chi connectivity index (χ1n) is 9.40. The molecule has 0 saturated carbocycles. The fourth-order valence-electron chi connectivity index (χ4n) is 4.14. The van der Waals surface area contributed by atoms with Gasteiger partial charge in [0, 0.05) is 37.3 Å². The van der Waals surface area contributed by atoms with E-state index in [9.17, 15) is 0 Å². The number of fused-ring (bicyclic) bond motifs is 1. The molecular weight excluding hydrogens is 422 g/mol. The molecule has 1 unspecified atom stereocenters. The van der Waals surface area contributed by atoms with Gasteiger partial charge in [-0.15, -0.1) is 0 Å². The van der Waals surface area contributed by atoms with Crippen molar-refractivity contribution in [2.24, 2.45) is 0 Å². The summed E-state index contributed by atoms with van der Waals surface area (Å²) in [4.78, 5) is 9.45. The van der Waals surface area contributed by atoms with Crippen LogP contribution in [0.2, 0.25) is 0 Å². The molecule has 0 spiro atoms. The fraction of sp³-hybridized carbons (Fsp3) is 0.429. The molecule has 2 aliphatic rings. The molecule has 7 heteroatoms. The van der Waals surface area contributed by atoms with Crippen molar-refractivity contribution < 1.29 is 14.2 Å². The van der Waals surface area contributed by atoms with Crippen molar-refractivity contribution in [1.82, 2.24) is 14.5 Å². The molecule has 0 aliphatic carbocycles. The molecule has 6 nitrogen and oxygen atoms in total. The molecule has 0 radical (unpaired) electrons. The van der Waals surface area contributed by atoms with Gasteiger partial charge in [0.05, 0.1) is 48.5 Å². The van der Waals surface area contributed by atoms with E-state index in [0.717, 1.165) is 38.9 Å². The first-order valence-corrected chi connectivity index (χ1v) is 10.2. The number of halogens is 1. The lowest BCUT2D eigenvalue weighted by molar-refractivity contribution is -0.0874. The van der Waals surface area contributed by atoms with Crippen LogP contribution in [0.3, 0.4) is 0 Å². The summed E-state index contributed by atoms with van der Waals surface area (Å²) in [5, 5.41) is 1.12. The Morgan fingerprint density at radius 2 is 2.07 bits per heavy atom. The number of ether oxygens (including phenoxy) is 3. The quantitative estimate of drug-likeness (QED) is 0.572. The van der Waals surface area contributed by atoms with E-state index in [-0.39, 0.29) is 5.54 Å². The summed E-state index contributed by atoms with van der Waals surface area (Å²) in [6, 6.07) is 8.18. The maximum atomic E-state index is 5.84. The maximum Gasteiger partial charge on any atom is 0.135 e. The highest BCUT2D eigenvalue weighted by atomic mass is 79.9. The summed E-state index contributed by atoms with van der Waals surface area (Å²) in [6.45, 7) is 4.83. The van der Waals surface area contributed by atoms with E-state index >= 15 is 0 Å². The molecule has 5 rings (SSSR count). The number of methoxy groups -OCH3 is 1. The summed E-state index contributed by atoms with van der Waals surface area (Å²) in [5.74, 6) is 0. The number of hydrogen-bond acceptors (Lipinski definition) is 5. The van der Waals surface area contributed by atoms with Crippen molar-refractivity contribution in [3.63, 3.8) is 0 Å². The zero-order valence-electron chi connectivity index (χ0n) is 15.9. The molecule has 3 aromatic rings. The Kier molecular flexibility index (Phi) is 4.32. The molecule has 0 amide bonds. The van der Waals surface area contributed by atoms with Crippen LogP contribution in [-0.4, -0.2) is 48.1 Å². The van der Waals surface area contributed by atoms with Crippen molar-refractivity contribution in [3.8, 4) is 11.3 Å². The van der Waals surface area contributed by atoms with Crippen LogP contribution >= 0.6 is 15.9 Å². The first kappa shape index (κ1) is 18.2. The minimum absolute atomic E-state index is 0.0589. The number of aromatic nitrogens is 3. The molecule has 0 N–H and O–H groups in total. The summed E-state index contributed by atoms with van der Waals surface area (Å²) < 4.78 is 20.0. The van der Waals surface area contributed by atoms with Gasteiger partial charge in [0.1, 0.15) is 10.2 Å². The average molecular weight is 444 g/mol. The highest BCUT2D eigenvalue weighted by Gasteiger charge is 2.39. The Bertz CT molecular complexity index is 1040. The van der Waals surface area contributed by atoms with Gasteiger partial charge in [-0.1, -0.05) is 6.07 Å². The second-order valence-corrected chi connectivity index (χ2v) is 8.65. The van der Waals surface area contributed by atoms with Gasteiger partial charge in [0.15, 0.2) is 0 Å². The standard InChI is InChI=1S/C21H22BrN3O3/c1-20(11-28-12-20)25-10-15(14-8-19(22)23-9-17(14)25)16-4-3-5-18(24-16)21(26-2)6-7-27-13-21/h3-5,8-10H,6-7,11-13H2,1-2H3. The van der Waals surface area contributed by atoms with Crippen LogP contribution < -0.4 is 0 Å². The number of rotatable bonds is 4. The molecule has 2 fully saturated rings. The highest BCUT2D eigenvalue weighted by Crippen LogP contribution is 2.38. The SMILES string of the molecule is COC1(c2cccc(-c3cn(C4(C)COC4)c4cnc(Br)cc34)n2)CCOC1. The maximum absolute atomic E-state index is 5.84. The third-order valence-electron chi connectivity index (χ3n) is 5.93. The first-order chi connectivity index (χ1) is 13.5. The van der Waals surface area contributed by atoms with Gasteiger partial charge in [-0.05, 0) is 41.1 Å². The Labute approximate surface area is 172 Å². The molecule has 3 aromatic heterocycles. The van der Waals surface area contributed by atoms with Gasteiger partial charge in [-0.2, -0.15) is 0 Å². The van der Waals surface area contributed by atoms with Crippen molar-refractivity contribution in [3.05, 3.63) is 47.0 Å². The molecule has 0 aromatic carbocycles. The van der Waals surface area contributed by atoms with Gasteiger partial charge in [-0.3, -0.25) is 0 Å². The molecule has 146 valence electrons. The molecular formula is C21H22BrN3O3. The van der Waals surface area contributed by atoms with Gasteiger partial charge in [-0.25, -0.2) is 9.97 Å². The van der Waals surface area contributed by atoms with Gasteiger partial charge in [0.25, 0.3) is 0 Å². The smallest absolute Gasteiger partial charge is 0.135 e. The molecule has 2 saturated heterocycles. The predicted molar refractivity (Wildman–Crippen MR) is 109 cm³/mol. The van der Waals surface area contributed by atoms with Crippen LogP contribution in [-0.2, 0) is 25.4 Å². The van der Waals surface area contributed by atoms with Crippen LogP contribution in [0.5, 0.6) is 0 Å². The Morgan fingerprint density at radius 3 is 2.75 bits per heavy atom. The number of hydrogen-bond donors (Lipinski definition) is 0. The minimum Gasteiger partial charge on any atom is -0.378 e. The third-order valence-corrected chi connectivity index (χ3v) is 6.37. The number of pyridine rings is 2. The van der Waals surface area contributed by atoms with Crippen LogP contribution in [0.4, 0.5) is 0 Å². The second-order valence-electron chi connectivity index (χ2n) is 7.84. The second kappa shape index (κ2) is 6.62. The molecule has 1 atom stereocenters. The van der Waals surface area contributed by atoms with Gasteiger partial charge < -0.3 is 18.8 Å². The lowest BCUT2D eigenvalue weighted by Crippen LogP contribution is -2.48. The minimum atomic E-state index is -0.468. The Hall–Kier alpha value is -1.80. The molecule has 0 bridgehead atoms. The van der Waals surface area contributed by atoms with E-state index in [1.807, 2.05) is 18.3 Å². The molecule has 28 heavy (non-hydrogen) atoms. The zero-order valence-corrected chi connectivity index (χ0v) is 17.5. The monoisotopic (exact) mass is 443 g/mol. The summed E-state index contributed by atoms with van der Waals surface area (Å²) in [6.07, 6.45) is 4.91.